The molecule has 0 aliphatic heterocycles. The van der Waals surface area contributed by atoms with Crippen LogP contribution in [-0.4, -0.2) is 12.6 Å². The van der Waals surface area contributed by atoms with Gasteiger partial charge in [-0.05, 0) is 49.4 Å². The zero-order valence-corrected chi connectivity index (χ0v) is 14.2. The molecule has 1 aromatic carbocycles. The third-order valence-electron chi connectivity index (χ3n) is 4.10. The number of carbonyl (C=O) groups excluding carboxylic acids is 1. The van der Waals surface area contributed by atoms with Crippen LogP contribution < -0.4 is 0 Å². The Bertz CT molecular complexity index is 497. The number of rotatable bonds is 4. The van der Waals surface area contributed by atoms with Gasteiger partial charge in [-0.2, -0.15) is 0 Å². The number of benzene rings is 1. The average Bonchev–Trinajstić information content (AvgIpc) is 2.38. The van der Waals surface area contributed by atoms with Gasteiger partial charge in [-0.15, -0.1) is 11.6 Å². The number of aryl methyl sites for hydroxylation is 1. The monoisotopic (exact) mass is 328 g/mol. The molecule has 1 aliphatic rings. The van der Waals surface area contributed by atoms with Crippen molar-refractivity contribution in [3.05, 3.63) is 33.8 Å². The molecule has 0 N–H and O–H groups in total. The summed E-state index contributed by atoms with van der Waals surface area (Å²) in [7, 11) is 0. The molecule has 0 unspecified atom stereocenters. The zero-order chi connectivity index (χ0) is 15.5. The number of hydrogen-bond acceptors (Lipinski definition) is 2. The number of ether oxygens (including phenoxy) is 1. The van der Waals surface area contributed by atoms with Crippen LogP contribution in [0.4, 0.5) is 0 Å². The van der Waals surface area contributed by atoms with Gasteiger partial charge >= 0.3 is 5.97 Å². The van der Waals surface area contributed by atoms with Gasteiger partial charge in [0, 0.05) is 5.02 Å². The normalized spacial score (nSPS) is 17.5. The molecule has 0 heterocycles. The van der Waals surface area contributed by atoms with Crippen LogP contribution in [0.3, 0.4) is 0 Å². The first-order valence-electron chi connectivity index (χ1n) is 7.60. The Balaban J connectivity index is 2.27. The van der Waals surface area contributed by atoms with Crippen LogP contribution in [0, 0.1) is 6.92 Å². The number of alkyl halides is 1. The lowest BCUT2D eigenvalue weighted by molar-refractivity contribution is -0.142. The summed E-state index contributed by atoms with van der Waals surface area (Å²) in [6, 6.07) is 3.87. The minimum absolute atomic E-state index is 0.223. The molecule has 1 aliphatic carbocycles. The lowest BCUT2D eigenvalue weighted by atomic mass is 9.81. The van der Waals surface area contributed by atoms with E-state index in [9.17, 15) is 4.79 Å². The third-order valence-corrected chi connectivity index (χ3v) is 4.96. The van der Waals surface area contributed by atoms with Crippen molar-refractivity contribution in [3.8, 4) is 0 Å². The van der Waals surface area contributed by atoms with Crippen molar-refractivity contribution in [1.29, 1.82) is 0 Å². The number of hydrogen-bond donors (Lipinski definition) is 0. The highest BCUT2D eigenvalue weighted by atomic mass is 35.5. The van der Waals surface area contributed by atoms with Crippen LogP contribution in [-0.2, 0) is 20.8 Å². The van der Waals surface area contributed by atoms with Crippen LogP contribution in [0.2, 0.25) is 5.02 Å². The van der Waals surface area contributed by atoms with Gasteiger partial charge in [-0.25, -0.2) is 0 Å². The van der Waals surface area contributed by atoms with Crippen molar-refractivity contribution in [2.45, 2.75) is 57.2 Å². The Morgan fingerprint density at radius 1 is 1.29 bits per heavy atom. The molecule has 1 aromatic rings. The maximum atomic E-state index is 11.6. The average molecular weight is 329 g/mol. The predicted molar refractivity (Wildman–Crippen MR) is 87.1 cm³/mol. The van der Waals surface area contributed by atoms with Crippen molar-refractivity contribution in [1.82, 2.24) is 0 Å². The fraction of sp³-hybridized carbons (Fsp3) is 0.588. The van der Waals surface area contributed by atoms with Crippen LogP contribution in [0.25, 0.3) is 0 Å². The van der Waals surface area contributed by atoms with E-state index in [0.29, 0.717) is 11.6 Å². The van der Waals surface area contributed by atoms with E-state index >= 15 is 0 Å². The molecule has 2 rings (SSSR count). The maximum absolute atomic E-state index is 11.6. The standard InChI is InChI=1S/C17H22Cl2O2/c1-3-21-15(20)11-13-9-12(2)16(14(18)10-13)17(19)7-5-4-6-8-17/h9-10H,3-8,11H2,1-2H3. The van der Waals surface area contributed by atoms with Crippen molar-refractivity contribution in [2.24, 2.45) is 0 Å². The smallest absolute Gasteiger partial charge is 0.310 e. The Hall–Kier alpha value is -0.730. The molecule has 116 valence electrons. The highest BCUT2D eigenvalue weighted by Crippen LogP contribution is 2.47. The molecular formula is C17H22Cl2O2. The SMILES string of the molecule is CCOC(=O)Cc1cc(C)c(C2(Cl)CCCCC2)c(Cl)c1. The molecule has 4 heteroatoms. The predicted octanol–water partition coefficient (Wildman–Crippen LogP) is 5.15. The van der Waals surface area contributed by atoms with Crippen LogP contribution in [0.1, 0.15) is 55.7 Å². The Labute approximate surface area is 136 Å². The van der Waals surface area contributed by atoms with Crippen molar-refractivity contribution >= 4 is 29.2 Å². The first kappa shape index (κ1) is 16.6. The quantitative estimate of drug-likeness (QED) is 0.564. The third kappa shape index (κ3) is 3.92. The molecule has 1 fully saturated rings. The summed E-state index contributed by atoms with van der Waals surface area (Å²) in [4.78, 5) is 11.2. The van der Waals surface area contributed by atoms with Gasteiger partial charge in [0.1, 0.15) is 0 Å². The van der Waals surface area contributed by atoms with E-state index in [4.69, 9.17) is 27.9 Å². The van der Waals surface area contributed by atoms with Gasteiger partial charge in [-0.3, -0.25) is 4.79 Å². The van der Waals surface area contributed by atoms with Gasteiger partial charge in [0.2, 0.25) is 0 Å². The van der Waals surface area contributed by atoms with Gasteiger partial charge in [-0.1, -0.05) is 36.9 Å². The molecule has 0 aromatic heterocycles. The molecule has 0 atom stereocenters. The van der Waals surface area contributed by atoms with Crippen LogP contribution >= 0.6 is 23.2 Å². The Morgan fingerprint density at radius 3 is 2.52 bits per heavy atom. The van der Waals surface area contributed by atoms with E-state index in [1.807, 2.05) is 19.1 Å². The highest BCUT2D eigenvalue weighted by Gasteiger charge is 2.34. The zero-order valence-electron chi connectivity index (χ0n) is 12.7. The molecule has 0 saturated heterocycles. The van der Waals surface area contributed by atoms with Gasteiger partial charge < -0.3 is 4.74 Å². The van der Waals surface area contributed by atoms with E-state index in [1.165, 1.54) is 6.42 Å². The first-order valence-corrected chi connectivity index (χ1v) is 8.36. The molecule has 0 bridgehead atoms. The van der Waals surface area contributed by atoms with Crippen LogP contribution in [0.15, 0.2) is 12.1 Å². The summed E-state index contributed by atoms with van der Waals surface area (Å²) in [5, 5.41) is 0.672. The fourth-order valence-corrected chi connectivity index (χ4v) is 4.26. The minimum atomic E-state index is -0.345. The number of esters is 1. The second-order valence-corrected chi connectivity index (χ2v) is 6.91. The number of carbonyl (C=O) groups is 1. The maximum Gasteiger partial charge on any atom is 0.310 e. The summed E-state index contributed by atoms with van der Waals surface area (Å²) < 4.78 is 4.98. The summed E-state index contributed by atoms with van der Waals surface area (Å²) in [6.07, 6.45) is 5.71. The topological polar surface area (TPSA) is 26.3 Å². The summed E-state index contributed by atoms with van der Waals surface area (Å²) in [5.74, 6) is -0.223. The second-order valence-electron chi connectivity index (χ2n) is 5.78. The summed E-state index contributed by atoms with van der Waals surface area (Å²) in [5.41, 5.74) is 2.99. The molecule has 0 amide bonds. The van der Waals surface area contributed by atoms with Gasteiger partial charge in [0.25, 0.3) is 0 Å². The van der Waals surface area contributed by atoms with E-state index in [1.54, 1.807) is 6.92 Å². The molecule has 1 saturated carbocycles. The van der Waals surface area contributed by atoms with E-state index in [0.717, 1.165) is 42.4 Å². The van der Waals surface area contributed by atoms with Gasteiger partial charge in [0.15, 0.2) is 0 Å². The van der Waals surface area contributed by atoms with E-state index in [2.05, 4.69) is 0 Å². The summed E-state index contributed by atoms with van der Waals surface area (Å²) >= 11 is 13.3. The largest absolute Gasteiger partial charge is 0.466 e. The first-order chi connectivity index (χ1) is 9.96. The molecule has 0 spiro atoms. The Kier molecular flexibility index (Phi) is 5.56. The van der Waals surface area contributed by atoms with Crippen molar-refractivity contribution in [3.63, 3.8) is 0 Å². The molecular weight excluding hydrogens is 307 g/mol. The highest BCUT2D eigenvalue weighted by molar-refractivity contribution is 6.33. The molecule has 2 nitrogen and oxygen atoms in total. The summed E-state index contributed by atoms with van der Waals surface area (Å²) in [6.45, 7) is 4.22. The van der Waals surface area contributed by atoms with Gasteiger partial charge in [0.05, 0.1) is 17.9 Å². The molecule has 0 radical (unpaired) electrons. The number of halogens is 2. The second kappa shape index (κ2) is 7.02. The van der Waals surface area contributed by atoms with Crippen molar-refractivity contribution < 1.29 is 9.53 Å². The lowest BCUT2D eigenvalue weighted by Gasteiger charge is -2.33. The van der Waals surface area contributed by atoms with E-state index < -0.39 is 0 Å². The van der Waals surface area contributed by atoms with Crippen molar-refractivity contribution in [2.75, 3.05) is 6.61 Å². The minimum Gasteiger partial charge on any atom is -0.466 e. The lowest BCUT2D eigenvalue weighted by Crippen LogP contribution is -2.24. The van der Waals surface area contributed by atoms with E-state index in [-0.39, 0.29) is 17.3 Å². The Morgan fingerprint density at radius 2 is 1.95 bits per heavy atom. The fourth-order valence-electron chi connectivity index (χ4n) is 3.23. The molecule has 21 heavy (non-hydrogen) atoms. The van der Waals surface area contributed by atoms with Crippen LogP contribution in [0.5, 0.6) is 0 Å².